The van der Waals surface area contributed by atoms with Crippen molar-refractivity contribution in [2.24, 2.45) is 0 Å². The van der Waals surface area contributed by atoms with Crippen molar-refractivity contribution in [3.8, 4) is 0 Å². The number of halogens is 1. The number of ether oxygens (including phenoxy) is 1. The molecule has 2 aromatic carbocycles. The normalized spacial score (nSPS) is 12.8. The first-order chi connectivity index (χ1) is 14.4. The SMILES string of the molecule is COC(=O)[C@@H](C/C=C/c1ccccc1)NC(=O)[C@@H](Cc1cccc(F)c1)NC(C)=O. The van der Waals surface area contributed by atoms with Crippen LogP contribution in [0.1, 0.15) is 24.5 Å². The third-order valence-electron chi connectivity index (χ3n) is 4.31. The number of nitrogens with one attached hydrogen (secondary N) is 2. The van der Waals surface area contributed by atoms with Crippen molar-refractivity contribution in [3.63, 3.8) is 0 Å². The smallest absolute Gasteiger partial charge is 0.328 e. The third kappa shape index (κ3) is 7.50. The van der Waals surface area contributed by atoms with Gasteiger partial charge < -0.3 is 15.4 Å². The number of benzene rings is 2. The standard InChI is InChI=1S/C23H25FN2O4/c1-16(27)25-21(15-18-11-6-12-19(24)14-18)22(28)26-20(23(29)30-2)13-7-10-17-8-4-3-5-9-17/h3-12,14,20-21H,13,15H2,1-2H3,(H,25,27)(H,26,28)/b10-7+/t20-,21-/m1/s1. The summed E-state index contributed by atoms with van der Waals surface area (Å²) in [5, 5.41) is 5.17. The van der Waals surface area contributed by atoms with E-state index in [4.69, 9.17) is 4.74 Å². The number of hydrogen-bond acceptors (Lipinski definition) is 4. The molecule has 30 heavy (non-hydrogen) atoms. The fraction of sp³-hybridized carbons (Fsp3) is 0.261. The number of esters is 1. The number of amides is 2. The van der Waals surface area contributed by atoms with Crippen LogP contribution < -0.4 is 10.6 Å². The van der Waals surface area contributed by atoms with E-state index in [1.807, 2.05) is 36.4 Å². The summed E-state index contributed by atoms with van der Waals surface area (Å²) in [6.07, 6.45) is 3.88. The van der Waals surface area contributed by atoms with Crippen LogP contribution in [-0.2, 0) is 25.5 Å². The maximum absolute atomic E-state index is 13.5. The number of carbonyl (C=O) groups is 3. The van der Waals surface area contributed by atoms with E-state index in [1.165, 1.54) is 32.2 Å². The Morgan fingerprint density at radius 1 is 1.03 bits per heavy atom. The van der Waals surface area contributed by atoms with Crippen LogP contribution in [0.15, 0.2) is 60.7 Å². The maximum atomic E-state index is 13.5. The highest BCUT2D eigenvalue weighted by Crippen LogP contribution is 2.09. The van der Waals surface area contributed by atoms with Crippen LogP contribution in [0.3, 0.4) is 0 Å². The predicted molar refractivity (Wildman–Crippen MR) is 112 cm³/mol. The molecule has 2 atom stereocenters. The molecule has 6 nitrogen and oxygen atoms in total. The lowest BCUT2D eigenvalue weighted by molar-refractivity contribution is -0.145. The average molecular weight is 412 g/mol. The molecule has 7 heteroatoms. The molecule has 0 unspecified atom stereocenters. The summed E-state index contributed by atoms with van der Waals surface area (Å²) in [5.41, 5.74) is 1.50. The van der Waals surface area contributed by atoms with Crippen LogP contribution in [0.2, 0.25) is 0 Å². The Morgan fingerprint density at radius 2 is 1.77 bits per heavy atom. The molecule has 2 amide bonds. The first-order valence-electron chi connectivity index (χ1n) is 9.50. The van der Waals surface area contributed by atoms with Gasteiger partial charge in [-0.3, -0.25) is 9.59 Å². The first kappa shape index (κ1) is 22.8. The fourth-order valence-electron chi connectivity index (χ4n) is 2.89. The molecule has 0 aliphatic heterocycles. The molecular formula is C23H25FN2O4. The van der Waals surface area contributed by atoms with Crippen LogP contribution in [0.25, 0.3) is 6.08 Å². The van der Waals surface area contributed by atoms with Crippen molar-refractivity contribution in [2.45, 2.75) is 31.8 Å². The molecule has 0 bridgehead atoms. The molecule has 158 valence electrons. The number of carbonyl (C=O) groups excluding carboxylic acids is 3. The Balaban J connectivity index is 2.10. The van der Waals surface area contributed by atoms with Crippen LogP contribution in [0.5, 0.6) is 0 Å². The van der Waals surface area contributed by atoms with Gasteiger partial charge in [-0.2, -0.15) is 0 Å². The molecule has 0 fully saturated rings. The Morgan fingerprint density at radius 3 is 2.40 bits per heavy atom. The summed E-state index contributed by atoms with van der Waals surface area (Å²) in [6.45, 7) is 1.28. The highest BCUT2D eigenvalue weighted by Gasteiger charge is 2.26. The largest absolute Gasteiger partial charge is 0.467 e. The minimum absolute atomic E-state index is 0.0803. The molecular weight excluding hydrogens is 387 g/mol. The van der Waals surface area contributed by atoms with Crippen LogP contribution in [0, 0.1) is 5.82 Å². The monoisotopic (exact) mass is 412 g/mol. The summed E-state index contributed by atoms with van der Waals surface area (Å²) in [4.78, 5) is 36.5. The van der Waals surface area contributed by atoms with E-state index in [0.717, 1.165) is 5.56 Å². The molecule has 2 N–H and O–H groups in total. The molecule has 0 saturated heterocycles. The van der Waals surface area contributed by atoms with Crippen molar-refractivity contribution in [1.29, 1.82) is 0 Å². The lowest BCUT2D eigenvalue weighted by atomic mass is 10.0. The van der Waals surface area contributed by atoms with Crippen molar-refractivity contribution in [1.82, 2.24) is 10.6 Å². The van der Waals surface area contributed by atoms with Gasteiger partial charge in [-0.05, 0) is 29.7 Å². The van der Waals surface area contributed by atoms with Crippen LogP contribution in [-0.4, -0.2) is 37.0 Å². The van der Waals surface area contributed by atoms with Gasteiger partial charge in [-0.25, -0.2) is 9.18 Å². The van der Waals surface area contributed by atoms with Gasteiger partial charge in [0.25, 0.3) is 0 Å². The maximum Gasteiger partial charge on any atom is 0.328 e. The summed E-state index contributed by atoms with van der Waals surface area (Å²) in [5.74, 6) is -2.01. The molecule has 2 aromatic rings. The molecule has 0 aliphatic carbocycles. The van der Waals surface area contributed by atoms with Gasteiger partial charge in [0.2, 0.25) is 11.8 Å². The molecule has 0 radical (unpaired) electrons. The zero-order valence-corrected chi connectivity index (χ0v) is 16.9. The van der Waals surface area contributed by atoms with E-state index in [0.29, 0.717) is 5.56 Å². The van der Waals surface area contributed by atoms with Gasteiger partial charge in [0, 0.05) is 13.3 Å². The molecule has 0 aliphatic rings. The zero-order valence-electron chi connectivity index (χ0n) is 16.9. The molecule has 0 aromatic heterocycles. The topological polar surface area (TPSA) is 84.5 Å². The van der Waals surface area contributed by atoms with E-state index < -0.39 is 35.7 Å². The van der Waals surface area contributed by atoms with Gasteiger partial charge in [-0.15, -0.1) is 0 Å². The second-order valence-corrected chi connectivity index (χ2v) is 6.72. The van der Waals surface area contributed by atoms with E-state index in [9.17, 15) is 18.8 Å². The number of hydrogen-bond donors (Lipinski definition) is 2. The minimum atomic E-state index is -0.963. The van der Waals surface area contributed by atoms with Crippen molar-refractivity contribution < 1.29 is 23.5 Å². The van der Waals surface area contributed by atoms with Gasteiger partial charge in [0.15, 0.2) is 0 Å². The van der Waals surface area contributed by atoms with Gasteiger partial charge in [-0.1, -0.05) is 54.6 Å². The molecule has 2 rings (SSSR count). The Kier molecular flexibility index (Phi) is 8.75. The molecule has 0 heterocycles. The quantitative estimate of drug-likeness (QED) is 0.620. The number of rotatable bonds is 9. The minimum Gasteiger partial charge on any atom is -0.467 e. The summed E-state index contributed by atoms with van der Waals surface area (Å²) >= 11 is 0. The van der Waals surface area contributed by atoms with Crippen LogP contribution in [0.4, 0.5) is 4.39 Å². The average Bonchev–Trinajstić information content (AvgIpc) is 2.72. The molecule has 0 saturated carbocycles. The van der Waals surface area contributed by atoms with Crippen molar-refractivity contribution in [2.75, 3.05) is 7.11 Å². The Labute approximate surface area is 175 Å². The van der Waals surface area contributed by atoms with E-state index in [1.54, 1.807) is 12.1 Å². The summed E-state index contributed by atoms with van der Waals surface area (Å²) < 4.78 is 18.3. The predicted octanol–water partition coefficient (Wildman–Crippen LogP) is 2.63. The lowest BCUT2D eigenvalue weighted by Gasteiger charge is -2.21. The second-order valence-electron chi connectivity index (χ2n) is 6.72. The van der Waals surface area contributed by atoms with E-state index in [-0.39, 0.29) is 12.8 Å². The molecule has 0 spiro atoms. The Bertz CT molecular complexity index is 899. The second kappa shape index (κ2) is 11.5. The van der Waals surface area contributed by atoms with E-state index >= 15 is 0 Å². The Hall–Kier alpha value is -3.48. The highest BCUT2D eigenvalue weighted by atomic mass is 19.1. The highest BCUT2D eigenvalue weighted by molar-refractivity contribution is 5.90. The lowest BCUT2D eigenvalue weighted by Crippen LogP contribution is -2.52. The van der Waals surface area contributed by atoms with E-state index in [2.05, 4.69) is 10.6 Å². The van der Waals surface area contributed by atoms with Gasteiger partial charge in [0.1, 0.15) is 17.9 Å². The fourth-order valence-corrected chi connectivity index (χ4v) is 2.89. The third-order valence-corrected chi connectivity index (χ3v) is 4.31. The summed E-state index contributed by atoms with van der Waals surface area (Å²) in [7, 11) is 1.24. The zero-order chi connectivity index (χ0) is 21.9. The van der Waals surface area contributed by atoms with Gasteiger partial charge in [0.05, 0.1) is 7.11 Å². The van der Waals surface area contributed by atoms with Gasteiger partial charge >= 0.3 is 5.97 Å². The number of methoxy groups -OCH3 is 1. The first-order valence-corrected chi connectivity index (χ1v) is 9.50. The van der Waals surface area contributed by atoms with Crippen molar-refractivity contribution >= 4 is 23.9 Å². The van der Waals surface area contributed by atoms with Crippen LogP contribution >= 0.6 is 0 Å². The van der Waals surface area contributed by atoms with Crippen molar-refractivity contribution in [3.05, 3.63) is 77.6 Å². The summed E-state index contributed by atoms with van der Waals surface area (Å²) in [6, 6.07) is 13.4.